The van der Waals surface area contributed by atoms with Crippen LogP contribution in [-0.4, -0.2) is 46.1 Å². The summed E-state index contributed by atoms with van der Waals surface area (Å²) in [6.07, 6.45) is 45.5. The monoisotopic (exact) mass is 646 g/mol. The fourth-order valence-electron chi connectivity index (χ4n) is 5.50. The predicted molar refractivity (Wildman–Crippen MR) is 199 cm³/mol. The van der Waals surface area contributed by atoms with E-state index in [4.69, 9.17) is 0 Å². The lowest BCUT2D eigenvalue weighted by molar-refractivity contribution is -0.131. The smallest absolute Gasteiger partial charge is 0.249 e. The third-order valence-electron chi connectivity index (χ3n) is 8.62. The molecule has 0 rings (SSSR count). The average Bonchev–Trinajstić information content (AvgIpc) is 3.06. The van der Waals surface area contributed by atoms with E-state index in [1.165, 1.54) is 103 Å². The quantitative estimate of drug-likeness (QED) is 0.0414. The molecule has 0 radical (unpaired) electrons. The largest absolute Gasteiger partial charge is 0.394 e. The van der Waals surface area contributed by atoms with E-state index >= 15 is 0 Å². The van der Waals surface area contributed by atoms with E-state index in [0.29, 0.717) is 6.42 Å². The van der Waals surface area contributed by atoms with Gasteiger partial charge in [-0.1, -0.05) is 159 Å². The Morgan fingerprint density at radius 2 is 0.891 bits per heavy atom. The van der Waals surface area contributed by atoms with E-state index in [1.807, 2.05) is 6.08 Å². The Kier molecular flexibility index (Phi) is 34.8. The summed E-state index contributed by atoms with van der Waals surface area (Å²) in [5, 5.41) is 33.0. The highest BCUT2D eigenvalue weighted by Crippen LogP contribution is 2.12. The second-order valence-electron chi connectivity index (χ2n) is 13.1. The van der Waals surface area contributed by atoms with Crippen molar-refractivity contribution in [2.45, 2.75) is 199 Å². The highest BCUT2D eigenvalue weighted by molar-refractivity contribution is 5.80. The molecule has 0 saturated carbocycles. The zero-order valence-electron chi connectivity index (χ0n) is 30.2. The van der Waals surface area contributed by atoms with Crippen molar-refractivity contribution in [3.05, 3.63) is 48.6 Å². The minimum Gasteiger partial charge on any atom is -0.394 e. The number of carbonyl (C=O) groups excluding carboxylic acids is 1. The molecule has 0 bridgehead atoms. The molecular formula is C41H75NO4. The van der Waals surface area contributed by atoms with Gasteiger partial charge >= 0.3 is 0 Å². The van der Waals surface area contributed by atoms with Gasteiger partial charge in [-0.25, -0.2) is 0 Å². The summed E-state index contributed by atoms with van der Waals surface area (Å²) in [4.78, 5) is 12.4. The van der Waals surface area contributed by atoms with Gasteiger partial charge in [-0.2, -0.15) is 0 Å². The van der Waals surface area contributed by atoms with E-state index in [-0.39, 0.29) is 6.61 Å². The Bertz CT molecular complexity index is 760. The van der Waals surface area contributed by atoms with Gasteiger partial charge < -0.3 is 20.6 Å². The summed E-state index contributed by atoms with van der Waals surface area (Å²) in [5.74, 6) is -0.529. The highest BCUT2D eigenvalue weighted by atomic mass is 16.3. The molecule has 268 valence electrons. The summed E-state index contributed by atoms with van der Waals surface area (Å²) in [5.41, 5.74) is 0. The fraction of sp³-hybridized carbons (Fsp3) is 0.780. The molecule has 0 aliphatic carbocycles. The number of allylic oxidation sites excluding steroid dienone is 7. The standard InChI is InChI=1S/C41H75NO4/c1-3-5-7-9-11-13-15-17-19-20-22-23-25-27-29-31-33-35-39(44)38(37-43)42-41(46)40(45)36-34-32-30-28-26-24-21-18-16-14-12-10-8-6-4-2/h19-21,24-25,27,33,35,38-40,43-45H,3-18,22-23,26,28-32,34,36-37H2,1-2H3,(H,42,46)/b20-19+,24-21-,27-25+,35-33+. The van der Waals surface area contributed by atoms with Crippen LogP contribution in [0.25, 0.3) is 0 Å². The molecule has 0 aromatic rings. The second kappa shape index (κ2) is 36.2. The first-order valence-electron chi connectivity index (χ1n) is 19.5. The highest BCUT2D eigenvalue weighted by Gasteiger charge is 2.22. The molecule has 0 fully saturated rings. The van der Waals surface area contributed by atoms with Gasteiger partial charge in [-0.05, 0) is 70.6 Å². The van der Waals surface area contributed by atoms with Crippen molar-refractivity contribution in [1.29, 1.82) is 0 Å². The minimum atomic E-state index is -1.12. The molecule has 4 N–H and O–H groups in total. The van der Waals surface area contributed by atoms with Crippen molar-refractivity contribution < 1.29 is 20.1 Å². The third-order valence-corrected chi connectivity index (χ3v) is 8.62. The van der Waals surface area contributed by atoms with Crippen molar-refractivity contribution in [3.63, 3.8) is 0 Å². The topological polar surface area (TPSA) is 89.8 Å². The maximum Gasteiger partial charge on any atom is 0.249 e. The molecule has 46 heavy (non-hydrogen) atoms. The number of hydrogen-bond donors (Lipinski definition) is 4. The van der Waals surface area contributed by atoms with Gasteiger partial charge in [0.2, 0.25) is 5.91 Å². The number of unbranched alkanes of at least 4 members (excludes halogenated alkanes) is 20. The summed E-state index contributed by atoms with van der Waals surface area (Å²) in [7, 11) is 0. The first-order chi connectivity index (χ1) is 22.6. The zero-order valence-corrected chi connectivity index (χ0v) is 30.2. The molecule has 3 unspecified atom stereocenters. The molecule has 0 aromatic heterocycles. The van der Waals surface area contributed by atoms with E-state index in [1.54, 1.807) is 6.08 Å². The second-order valence-corrected chi connectivity index (χ2v) is 13.1. The van der Waals surface area contributed by atoms with E-state index in [9.17, 15) is 20.1 Å². The van der Waals surface area contributed by atoms with Gasteiger partial charge in [0.15, 0.2) is 0 Å². The number of nitrogens with one attached hydrogen (secondary N) is 1. The Balaban J connectivity index is 3.84. The minimum absolute atomic E-state index is 0.386. The molecule has 0 aliphatic rings. The van der Waals surface area contributed by atoms with Gasteiger partial charge in [0.25, 0.3) is 0 Å². The van der Waals surface area contributed by atoms with E-state index in [2.05, 4.69) is 55.6 Å². The first-order valence-corrected chi connectivity index (χ1v) is 19.5. The van der Waals surface area contributed by atoms with Crippen LogP contribution in [-0.2, 0) is 4.79 Å². The van der Waals surface area contributed by atoms with Crippen LogP contribution in [0.1, 0.15) is 181 Å². The maximum absolute atomic E-state index is 12.4. The number of aliphatic hydroxyl groups excluding tert-OH is 3. The Morgan fingerprint density at radius 3 is 1.33 bits per heavy atom. The van der Waals surface area contributed by atoms with Gasteiger partial charge in [-0.3, -0.25) is 4.79 Å². The van der Waals surface area contributed by atoms with Crippen molar-refractivity contribution in [1.82, 2.24) is 5.32 Å². The summed E-state index contributed by atoms with van der Waals surface area (Å²) >= 11 is 0. The normalized spacial score (nSPS) is 14.3. The van der Waals surface area contributed by atoms with Crippen molar-refractivity contribution in [2.24, 2.45) is 0 Å². The van der Waals surface area contributed by atoms with Crippen LogP contribution in [0, 0.1) is 0 Å². The zero-order chi connectivity index (χ0) is 33.8. The SMILES string of the molecule is CCCCCCCCC/C=C\CCCCCCC(O)C(=O)NC(CO)C(O)/C=C/CC/C=C/CC/C=C/CCCCCCCCC. The Morgan fingerprint density at radius 1 is 0.522 bits per heavy atom. The number of amides is 1. The Hall–Kier alpha value is -1.69. The lowest BCUT2D eigenvalue weighted by Gasteiger charge is -2.21. The molecule has 5 heteroatoms. The fourth-order valence-corrected chi connectivity index (χ4v) is 5.50. The van der Waals surface area contributed by atoms with Crippen molar-refractivity contribution in [3.8, 4) is 0 Å². The molecule has 5 nitrogen and oxygen atoms in total. The predicted octanol–water partition coefficient (Wildman–Crippen LogP) is 10.6. The van der Waals surface area contributed by atoms with E-state index in [0.717, 1.165) is 57.8 Å². The summed E-state index contributed by atoms with van der Waals surface area (Å²) in [6.45, 7) is 4.13. The molecule has 0 heterocycles. The molecule has 0 saturated heterocycles. The van der Waals surface area contributed by atoms with Crippen molar-refractivity contribution in [2.75, 3.05) is 6.61 Å². The van der Waals surface area contributed by atoms with Crippen LogP contribution in [0.2, 0.25) is 0 Å². The third kappa shape index (κ3) is 30.9. The van der Waals surface area contributed by atoms with Crippen LogP contribution in [0.3, 0.4) is 0 Å². The number of rotatable bonds is 34. The molecule has 0 aliphatic heterocycles. The summed E-state index contributed by atoms with van der Waals surface area (Å²) in [6, 6.07) is -0.824. The van der Waals surface area contributed by atoms with E-state index < -0.39 is 24.2 Å². The van der Waals surface area contributed by atoms with Crippen LogP contribution < -0.4 is 5.32 Å². The lowest BCUT2D eigenvalue weighted by atomic mass is 10.1. The number of carbonyl (C=O) groups is 1. The lowest BCUT2D eigenvalue weighted by Crippen LogP contribution is -2.48. The van der Waals surface area contributed by atoms with Crippen LogP contribution >= 0.6 is 0 Å². The van der Waals surface area contributed by atoms with Gasteiger partial charge in [0, 0.05) is 0 Å². The number of aliphatic hydroxyl groups is 3. The van der Waals surface area contributed by atoms with Crippen LogP contribution in [0.5, 0.6) is 0 Å². The van der Waals surface area contributed by atoms with Gasteiger partial charge in [-0.15, -0.1) is 0 Å². The molecule has 0 spiro atoms. The molecule has 1 amide bonds. The molecular weight excluding hydrogens is 570 g/mol. The van der Waals surface area contributed by atoms with Crippen LogP contribution in [0.15, 0.2) is 48.6 Å². The van der Waals surface area contributed by atoms with Crippen molar-refractivity contribution >= 4 is 5.91 Å². The first kappa shape index (κ1) is 44.3. The molecule has 3 atom stereocenters. The average molecular weight is 646 g/mol. The Labute approximate surface area is 285 Å². The van der Waals surface area contributed by atoms with Gasteiger partial charge in [0.05, 0.1) is 18.8 Å². The van der Waals surface area contributed by atoms with Gasteiger partial charge in [0.1, 0.15) is 6.10 Å². The number of hydrogen-bond acceptors (Lipinski definition) is 4. The maximum atomic E-state index is 12.4. The molecule has 0 aromatic carbocycles. The van der Waals surface area contributed by atoms with Crippen LogP contribution in [0.4, 0.5) is 0 Å². The summed E-state index contributed by atoms with van der Waals surface area (Å²) < 4.78 is 0.